The average Bonchev–Trinajstić information content (AvgIpc) is 3.40. The van der Waals surface area contributed by atoms with Gasteiger partial charge in [0.2, 0.25) is 5.91 Å². The van der Waals surface area contributed by atoms with Gasteiger partial charge in [-0.05, 0) is 60.1 Å². The van der Waals surface area contributed by atoms with Crippen molar-refractivity contribution in [3.8, 4) is 11.4 Å². The molecule has 4 N–H and O–H groups in total. The molecule has 9 heteroatoms. The summed E-state index contributed by atoms with van der Waals surface area (Å²) in [6.45, 7) is 1.66. The first-order valence-corrected chi connectivity index (χ1v) is 12.3. The largest absolute Gasteiger partial charge is 0.366 e. The molecule has 0 radical (unpaired) electrons. The van der Waals surface area contributed by atoms with E-state index < -0.39 is 5.91 Å². The van der Waals surface area contributed by atoms with Gasteiger partial charge in [0.15, 0.2) is 5.82 Å². The maximum atomic E-state index is 11.7. The summed E-state index contributed by atoms with van der Waals surface area (Å²) in [6.07, 6.45) is 8.29. The minimum absolute atomic E-state index is 0.0279. The molecule has 1 aliphatic carbocycles. The highest BCUT2D eigenvalue weighted by Crippen LogP contribution is 2.51. The fourth-order valence-corrected chi connectivity index (χ4v) is 6.09. The van der Waals surface area contributed by atoms with Gasteiger partial charge in [0.05, 0.1) is 16.2 Å². The van der Waals surface area contributed by atoms with Gasteiger partial charge in [0.1, 0.15) is 11.3 Å². The van der Waals surface area contributed by atoms with Crippen LogP contribution in [0.2, 0.25) is 10.0 Å². The number of piperidine rings is 1. The molecule has 0 unspecified atom stereocenters. The van der Waals surface area contributed by atoms with Gasteiger partial charge in [-0.1, -0.05) is 35.3 Å². The van der Waals surface area contributed by atoms with Crippen LogP contribution in [0.4, 0.5) is 5.82 Å². The molecule has 35 heavy (non-hydrogen) atoms. The van der Waals surface area contributed by atoms with Gasteiger partial charge in [-0.2, -0.15) is 0 Å². The highest BCUT2D eigenvalue weighted by atomic mass is 35.5. The van der Waals surface area contributed by atoms with Crippen molar-refractivity contribution in [3.05, 3.63) is 81.7 Å². The van der Waals surface area contributed by atoms with Gasteiger partial charge in [-0.3, -0.25) is 9.20 Å². The second-order valence-corrected chi connectivity index (χ2v) is 10.3. The van der Waals surface area contributed by atoms with Crippen LogP contribution in [0.25, 0.3) is 16.9 Å². The van der Waals surface area contributed by atoms with E-state index in [1.807, 2.05) is 41.1 Å². The quantitative estimate of drug-likeness (QED) is 0.421. The molecule has 1 saturated heterocycles. The Labute approximate surface area is 212 Å². The number of nitrogens with zero attached hydrogens (tertiary/aromatic N) is 4. The number of rotatable bonds is 3. The molecule has 1 fully saturated rings. The average molecular weight is 507 g/mol. The van der Waals surface area contributed by atoms with E-state index in [9.17, 15) is 4.79 Å². The van der Waals surface area contributed by atoms with Gasteiger partial charge in [-0.25, -0.2) is 9.97 Å². The fourth-order valence-electron chi connectivity index (χ4n) is 5.70. The third kappa shape index (κ3) is 3.49. The van der Waals surface area contributed by atoms with Crippen molar-refractivity contribution >= 4 is 40.4 Å². The van der Waals surface area contributed by atoms with Crippen molar-refractivity contribution < 1.29 is 4.79 Å². The third-order valence-electron chi connectivity index (χ3n) is 7.66. The molecule has 2 aromatic heterocycles. The molecule has 7 nitrogen and oxygen atoms in total. The number of hydrogen-bond donors (Lipinski definition) is 2. The summed E-state index contributed by atoms with van der Waals surface area (Å²) < 4.78 is 2.01. The van der Waals surface area contributed by atoms with Gasteiger partial charge in [0.25, 0.3) is 0 Å². The Morgan fingerprint density at radius 1 is 1.11 bits per heavy atom. The van der Waals surface area contributed by atoms with Crippen molar-refractivity contribution in [2.75, 3.05) is 18.0 Å². The highest BCUT2D eigenvalue weighted by molar-refractivity contribution is 6.43. The molecule has 0 bridgehead atoms. The van der Waals surface area contributed by atoms with Crippen LogP contribution in [-0.2, 0) is 6.42 Å². The molecule has 1 atom stereocenters. The number of aromatic nitrogens is 3. The second-order valence-electron chi connectivity index (χ2n) is 9.47. The van der Waals surface area contributed by atoms with E-state index in [1.54, 1.807) is 18.3 Å². The summed E-state index contributed by atoms with van der Waals surface area (Å²) in [7, 11) is 0. The monoisotopic (exact) mass is 506 g/mol. The first kappa shape index (κ1) is 22.3. The first-order chi connectivity index (χ1) is 16.9. The van der Waals surface area contributed by atoms with Gasteiger partial charge < -0.3 is 16.4 Å². The smallest absolute Gasteiger partial charge is 0.248 e. The van der Waals surface area contributed by atoms with Gasteiger partial charge >= 0.3 is 0 Å². The fraction of sp³-hybridized carbons (Fsp3) is 0.269. The molecule has 1 spiro atoms. The van der Waals surface area contributed by atoms with Gasteiger partial charge in [-0.15, -0.1) is 0 Å². The molecule has 1 amide bonds. The van der Waals surface area contributed by atoms with Crippen LogP contribution in [0.1, 0.15) is 40.4 Å². The number of carbonyl (C=O) groups excluding carboxylic acids is 1. The molecule has 1 aliphatic heterocycles. The Morgan fingerprint density at radius 3 is 2.69 bits per heavy atom. The summed E-state index contributed by atoms with van der Waals surface area (Å²) >= 11 is 12.7. The third-order valence-corrected chi connectivity index (χ3v) is 8.48. The Balaban J connectivity index is 1.28. The molecule has 178 valence electrons. The summed E-state index contributed by atoms with van der Waals surface area (Å²) in [5.74, 6) is 1.19. The number of halogens is 2. The lowest BCUT2D eigenvalue weighted by Gasteiger charge is -2.42. The lowest BCUT2D eigenvalue weighted by molar-refractivity contribution is 0.1000. The van der Waals surface area contributed by atoms with E-state index in [4.69, 9.17) is 39.7 Å². The lowest BCUT2D eigenvalue weighted by Crippen LogP contribution is -2.44. The molecule has 4 aromatic rings. The number of anilines is 1. The molecule has 0 saturated carbocycles. The van der Waals surface area contributed by atoms with E-state index >= 15 is 0 Å². The van der Waals surface area contributed by atoms with Crippen LogP contribution in [0.5, 0.6) is 0 Å². The standard InChI is InChI=1S/C26H24Cl2N6O/c27-19-3-1-2-17(21(19)28)24-32-14-20-25(31-8-11-34(20)24)33-9-6-26(7-10-33)13-16-5-4-15(23(30)35)12-18(16)22(26)29/h1-5,8,11-12,14,22H,6-7,9-10,13,29H2,(H2,30,35)/t22-/m1/s1. The second kappa shape index (κ2) is 8.22. The van der Waals surface area contributed by atoms with Crippen LogP contribution >= 0.6 is 23.2 Å². The number of hydrogen-bond acceptors (Lipinski definition) is 5. The number of nitrogens with two attached hydrogens (primary N) is 2. The van der Waals surface area contributed by atoms with Crippen molar-refractivity contribution in [1.29, 1.82) is 0 Å². The van der Waals surface area contributed by atoms with E-state index in [0.29, 0.717) is 15.6 Å². The molecule has 6 rings (SSSR count). The maximum Gasteiger partial charge on any atom is 0.248 e. The van der Waals surface area contributed by atoms with Crippen LogP contribution in [0.15, 0.2) is 55.0 Å². The number of benzene rings is 2. The molecule has 3 heterocycles. The predicted molar refractivity (Wildman–Crippen MR) is 138 cm³/mol. The lowest BCUT2D eigenvalue weighted by atomic mass is 9.73. The number of amides is 1. The van der Waals surface area contributed by atoms with Crippen molar-refractivity contribution in [2.45, 2.75) is 25.3 Å². The van der Waals surface area contributed by atoms with Crippen LogP contribution < -0.4 is 16.4 Å². The van der Waals surface area contributed by atoms with Crippen molar-refractivity contribution in [2.24, 2.45) is 16.9 Å². The molecule has 2 aromatic carbocycles. The van der Waals surface area contributed by atoms with Crippen LogP contribution in [0, 0.1) is 5.41 Å². The predicted octanol–water partition coefficient (Wildman–Crippen LogP) is 4.64. The van der Waals surface area contributed by atoms with Gasteiger partial charge in [0, 0.05) is 42.7 Å². The van der Waals surface area contributed by atoms with Crippen LogP contribution in [-0.4, -0.2) is 33.4 Å². The summed E-state index contributed by atoms with van der Waals surface area (Å²) in [4.78, 5) is 23.3. The maximum absolute atomic E-state index is 11.7. The number of primary amides is 1. The normalized spacial score (nSPS) is 18.8. The van der Waals surface area contributed by atoms with E-state index in [-0.39, 0.29) is 11.5 Å². The topological polar surface area (TPSA) is 103 Å². The summed E-state index contributed by atoms with van der Waals surface area (Å²) in [6, 6.07) is 11.1. The Morgan fingerprint density at radius 2 is 1.91 bits per heavy atom. The Bertz CT molecular complexity index is 1470. The number of carbonyl (C=O) groups is 1. The number of fused-ring (bicyclic) bond motifs is 2. The zero-order valence-electron chi connectivity index (χ0n) is 18.9. The van der Waals surface area contributed by atoms with E-state index in [1.165, 1.54) is 5.56 Å². The number of imidazole rings is 1. The Hall–Kier alpha value is -3.13. The molecule has 2 aliphatic rings. The van der Waals surface area contributed by atoms with E-state index in [2.05, 4.69) is 9.88 Å². The molecular formula is C26H24Cl2N6O. The van der Waals surface area contributed by atoms with Crippen LogP contribution in [0.3, 0.4) is 0 Å². The minimum Gasteiger partial charge on any atom is -0.366 e. The zero-order valence-corrected chi connectivity index (χ0v) is 20.4. The highest BCUT2D eigenvalue weighted by Gasteiger charge is 2.46. The van der Waals surface area contributed by atoms with Crippen molar-refractivity contribution in [1.82, 2.24) is 14.4 Å². The summed E-state index contributed by atoms with van der Waals surface area (Å²) in [5.41, 5.74) is 16.7. The molecular weight excluding hydrogens is 483 g/mol. The van der Waals surface area contributed by atoms with E-state index in [0.717, 1.165) is 60.6 Å². The zero-order chi connectivity index (χ0) is 24.3. The first-order valence-electron chi connectivity index (χ1n) is 11.6. The minimum atomic E-state index is -0.422. The Kier molecular flexibility index (Phi) is 5.25. The SMILES string of the molecule is NC(=O)c1ccc2c(c1)[C@@H](N)C1(CCN(c3nccn4c(-c5cccc(Cl)c5Cl)ncc34)CC1)C2. The summed E-state index contributed by atoms with van der Waals surface area (Å²) in [5, 5.41) is 0.975. The van der Waals surface area contributed by atoms with Crippen molar-refractivity contribution in [3.63, 3.8) is 0 Å².